The largest absolute Gasteiger partial charge is 0.494 e. The zero-order valence-electron chi connectivity index (χ0n) is 45.8. The molecule has 0 atom stereocenters. The fourth-order valence-electron chi connectivity index (χ4n) is 8.88. The van der Waals surface area contributed by atoms with Crippen molar-refractivity contribution in [1.29, 1.82) is 0 Å². The smallest absolute Gasteiger partial charge is 0.399 e. The number of rotatable bonds is 14. The number of anilines is 4. The Labute approximate surface area is 482 Å². The predicted molar refractivity (Wildman–Crippen MR) is 292 cm³/mol. The fourth-order valence-corrected chi connectivity index (χ4v) is 9.08. The first-order valence-electron chi connectivity index (χ1n) is 25.9. The van der Waals surface area contributed by atoms with Crippen LogP contribution in [0.1, 0.15) is 98.8 Å². The SMILES string of the molecule is CC1(C)OB(c2ccc(CC(=O)Nc3cc(C4(C(F)(F)F)CC4)on3)c(F)c2)OC1(C)C.Cn1cc(Cc2ncc(-c3ccc(CC(=O)Nc4cc(C5(C(F)(F)F)CC5)on4)c(F)c3)cn2)c(N)n1.Cn1cc(Cc2ncc(Br)cn2)c(N)n1. The highest BCUT2D eigenvalue weighted by Gasteiger charge is 2.68. The van der Waals surface area contributed by atoms with E-state index in [0.717, 1.165) is 33.6 Å². The van der Waals surface area contributed by atoms with Gasteiger partial charge in [0.05, 0.1) is 28.5 Å². The Morgan fingerprint density at radius 1 is 0.619 bits per heavy atom. The van der Waals surface area contributed by atoms with Crippen LogP contribution in [0, 0.1) is 11.6 Å². The van der Waals surface area contributed by atoms with Gasteiger partial charge in [0.15, 0.2) is 23.2 Å². The molecule has 2 amide bonds. The van der Waals surface area contributed by atoms with Crippen molar-refractivity contribution in [2.24, 2.45) is 14.1 Å². The van der Waals surface area contributed by atoms with E-state index in [9.17, 15) is 44.7 Å². The summed E-state index contributed by atoms with van der Waals surface area (Å²) in [5, 5.41) is 19.8. The van der Waals surface area contributed by atoms with Crippen LogP contribution in [0.2, 0.25) is 0 Å². The molecule has 0 spiro atoms. The first kappa shape index (κ1) is 60.5. The molecule has 7 heterocycles. The topological polar surface area (TPSA) is 268 Å². The van der Waals surface area contributed by atoms with Crippen LogP contribution in [0.15, 0.2) is 99.2 Å². The van der Waals surface area contributed by atoms with Gasteiger partial charge in [0.2, 0.25) is 11.8 Å². The van der Waals surface area contributed by atoms with Crippen molar-refractivity contribution in [2.45, 2.75) is 113 Å². The molecule has 8 aromatic rings. The summed E-state index contributed by atoms with van der Waals surface area (Å²) in [5.41, 5.74) is 9.86. The van der Waals surface area contributed by atoms with Gasteiger partial charge in [-0.25, -0.2) is 28.7 Å². The van der Waals surface area contributed by atoms with Crippen molar-refractivity contribution >= 4 is 63.6 Å². The van der Waals surface area contributed by atoms with Crippen LogP contribution in [0.5, 0.6) is 0 Å². The number of nitrogens with two attached hydrogens (primary N) is 2. The summed E-state index contributed by atoms with van der Waals surface area (Å²) < 4.78 is 134. The molecule has 84 heavy (non-hydrogen) atoms. The van der Waals surface area contributed by atoms with Crippen LogP contribution >= 0.6 is 15.9 Å². The van der Waals surface area contributed by atoms with E-state index >= 15 is 0 Å². The molecule has 2 saturated carbocycles. The highest BCUT2D eigenvalue weighted by atomic mass is 79.9. The number of hydrogen-bond acceptors (Lipinski definition) is 16. The summed E-state index contributed by atoms with van der Waals surface area (Å²) in [4.78, 5) is 41.6. The molecule has 0 radical (unpaired) electrons. The second kappa shape index (κ2) is 23.2. The van der Waals surface area contributed by atoms with E-state index in [1.54, 1.807) is 59.5 Å². The maximum atomic E-state index is 14.7. The molecule has 1 aliphatic heterocycles. The van der Waals surface area contributed by atoms with Crippen LogP contribution < -0.4 is 27.6 Å². The Kier molecular flexibility index (Phi) is 16.7. The van der Waals surface area contributed by atoms with Crippen LogP contribution in [-0.4, -0.2) is 92.3 Å². The zero-order chi connectivity index (χ0) is 60.7. The number of carbonyl (C=O) groups excluding carboxylic acids is 2. The third kappa shape index (κ3) is 13.4. The molecular formula is C54H54BBrF8N14O6. The average molecular weight is 1240 g/mol. The molecular weight excluding hydrogens is 1180 g/mol. The van der Waals surface area contributed by atoms with Crippen molar-refractivity contribution in [1.82, 2.24) is 49.8 Å². The second-order valence-corrected chi connectivity index (χ2v) is 22.4. The number of amides is 2. The Balaban J connectivity index is 0.000000164. The lowest BCUT2D eigenvalue weighted by molar-refractivity contribution is -0.166. The normalized spacial score (nSPS) is 16.2. The predicted octanol–water partition coefficient (Wildman–Crippen LogP) is 8.99. The summed E-state index contributed by atoms with van der Waals surface area (Å²) in [7, 11) is 2.86. The van der Waals surface area contributed by atoms with Crippen molar-refractivity contribution in [3.05, 3.63) is 147 Å². The summed E-state index contributed by atoms with van der Waals surface area (Å²) in [5.74, 6) is -1.33. The number of alkyl halides is 6. The lowest BCUT2D eigenvalue weighted by Crippen LogP contribution is -2.41. The molecule has 0 unspecified atom stereocenters. The van der Waals surface area contributed by atoms with Gasteiger partial charge in [-0.05, 0) is 104 Å². The number of aromatic nitrogens is 10. The molecule has 20 nitrogen and oxygen atoms in total. The van der Waals surface area contributed by atoms with Gasteiger partial charge in [-0.2, -0.15) is 36.5 Å². The molecule has 2 aromatic carbocycles. The summed E-state index contributed by atoms with van der Waals surface area (Å²) in [6, 6.07) is 10.8. The van der Waals surface area contributed by atoms with Gasteiger partial charge in [-0.3, -0.25) is 19.0 Å². The summed E-state index contributed by atoms with van der Waals surface area (Å²) in [6.45, 7) is 7.54. The maximum Gasteiger partial charge on any atom is 0.494 e. The standard InChI is InChI=1S/C24H21F4N7O2.C21H23BF4N2O4.C9H10BrN5/c1-35-12-15(22(29)33-35)7-19-30-10-16(11-31-19)13-2-3-14(17(25)6-13)8-21(36)32-20-9-18(37-34-20)23(4-5-23)24(26,27)28;1-18(2)19(3,4)32-22(31-18)13-6-5-12(14(23)10-13)9-17(29)27-16-11-15(30-28-16)20(7-8-20)21(24,25)26;1-15-5-6(9(11)14-15)2-8-12-3-7(10)4-13-8/h2-3,6,9-12H,4-5,7-8H2,1H3,(H2,29,33)(H,32,34,36);5-6,10-11H,7-9H2,1-4H3,(H,27,28,29);3-5H,2H2,1H3,(H2,11,14). The minimum Gasteiger partial charge on any atom is -0.399 e. The zero-order valence-corrected chi connectivity index (χ0v) is 47.4. The van der Waals surface area contributed by atoms with E-state index in [4.69, 9.17) is 29.8 Å². The van der Waals surface area contributed by atoms with Gasteiger partial charge in [0, 0.05) is 92.9 Å². The molecule has 30 heteroatoms. The molecule has 11 rings (SSSR count). The number of hydrogen-bond donors (Lipinski definition) is 4. The number of halogens is 9. The Morgan fingerprint density at radius 2 is 1.04 bits per heavy atom. The maximum absolute atomic E-state index is 14.7. The number of nitrogens with one attached hydrogen (secondary N) is 2. The monoisotopic (exact) mass is 1240 g/mol. The van der Waals surface area contributed by atoms with Gasteiger partial charge < -0.3 is 40.5 Å². The van der Waals surface area contributed by atoms with E-state index in [1.807, 2.05) is 40.9 Å². The van der Waals surface area contributed by atoms with Gasteiger partial charge >= 0.3 is 19.5 Å². The third-order valence-electron chi connectivity index (χ3n) is 14.7. The Hall–Kier alpha value is -8.12. The molecule has 3 fully saturated rings. The van der Waals surface area contributed by atoms with Gasteiger partial charge in [-0.15, -0.1) is 0 Å². The lowest BCUT2D eigenvalue weighted by atomic mass is 9.78. The van der Waals surface area contributed by atoms with Crippen LogP contribution in [-0.2, 0) is 69.5 Å². The Morgan fingerprint density at radius 3 is 1.42 bits per heavy atom. The lowest BCUT2D eigenvalue weighted by Gasteiger charge is -2.32. The highest BCUT2D eigenvalue weighted by Crippen LogP contribution is 2.60. The minimum absolute atomic E-state index is 0.0839. The number of nitrogens with zero attached hydrogens (tertiary/aromatic N) is 10. The van der Waals surface area contributed by atoms with Crippen LogP contribution in [0.3, 0.4) is 0 Å². The van der Waals surface area contributed by atoms with Crippen LogP contribution in [0.4, 0.5) is 58.4 Å². The number of nitrogen functional groups attached to an aromatic ring is 2. The molecule has 0 bridgehead atoms. The van der Waals surface area contributed by atoms with Crippen molar-refractivity contribution in [2.75, 3.05) is 22.1 Å². The van der Waals surface area contributed by atoms with E-state index in [2.05, 4.69) is 67.0 Å². The van der Waals surface area contributed by atoms with Gasteiger partial charge in [0.25, 0.3) is 0 Å². The number of carbonyl (C=O) groups is 2. The summed E-state index contributed by atoms with van der Waals surface area (Å²) >= 11 is 3.28. The molecule has 442 valence electrons. The Bertz CT molecular complexity index is 3680. The first-order chi connectivity index (χ1) is 39.4. The highest BCUT2D eigenvalue weighted by molar-refractivity contribution is 9.10. The number of aryl methyl sites for hydroxylation is 2. The third-order valence-corrected chi connectivity index (χ3v) is 15.1. The molecule has 3 aliphatic rings. The second-order valence-electron chi connectivity index (χ2n) is 21.5. The van der Waals surface area contributed by atoms with Crippen molar-refractivity contribution < 1.29 is 63.1 Å². The first-order valence-corrected chi connectivity index (χ1v) is 26.7. The summed E-state index contributed by atoms with van der Waals surface area (Å²) in [6.07, 6.45) is 1.27. The van der Waals surface area contributed by atoms with Crippen molar-refractivity contribution in [3.8, 4) is 11.1 Å². The molecule has 2 aliphatic carbocycles. The van der Waals surface area contributed by atoms with Gasteiger partial charge in [-0.1, -0.05) is 34.6 Å². The minimum atomic E-state index is -4.46. The molecule has 6 aromatic heterocycles. The van der Waals surface area contributed by atoms with E-state index in [-0.39, 0.29) is 72.8 Å². The molecule has 6 N–H and O–H groups in total. The fraction of sp³-hybridized carbons (Fsp3) is 0.370. The quantitative estimate of drug-likeness (QED) is 0.0584. The number of benzene rings is 2. The van der Waals surface area contributed by atoms with E-state index in [1.165, 1.54) is 24.3 Å². The van der Waals surface area contributed by atoms with E-state index in [0.29, 0.717) is 46.9 Å². The van der Waals surface area contributed by atoms with Crippen molar-refractivity contribution in [3.63, 3.8) is 0 Å². The van der Waals surface area contributed by atoms with E-state index < -0.39 is 65.0 Å². The average Bonchev–Trinajstić information content (AvgIpc) is 2.30. The van der Waals surface area contributed by atoms with Crippen LogP contribution in [0.25, 0.3) is 11.1 Å². The molecule has 1 saturated heterocycles. The van der Waals surface area contributed by atoms with Gasteiger partial charge in [0.1, 0.15) is 45.7 Å².